The SMILES string of the molecule is [CH2]C(C)c1ccccc1O. The summed E-state index contributed by atoms with van der Waals surface area (Å²) in [7, 11) is 0. The van der Waals surface area contributed by atoms with Gasteiger partial charge in [0.15, 0.2) is 0 Å². The fourth-order valence-corrected chi connectivity index (χ4v) is 0.904. The average Bonchev–Trinajstić information content (AvgIpc) is 1.88. The van der Waals surface area contributed by atoms with Crippen molar-refractivity contribution < 1.29 is 5.11 Å². The van der Waals surface area contributed by atoms with Crippen LogP contribution in [0, 0.1) is 6.92 Å². The van der Waals surface area contributed by atoms with Crippen molar-refractivity contribution in [2.45, 2.75) is 12.8 Å². The van der Waals surface area contributed by atoms with Gasteiger partial charge in [0, 0.05) is 0 Å². The third kappa shape index (κ3) is 1.29. The molecular formula is C9H11O. The van der Waals surface area contributed by atoms with Gasteiger partial charge in [0.1, 0.15) is 5.75 Å². The molecule has 0 fully saturated rings. The van der Waals surface area contributed by atoms with Gasteiger partial charge in [0.05, 0.1) is 0 Å². The van der Waals surface area contributed by atoms with Gasteiger partial charge < -0.3 is 5.11 Å². The van der Waals surface area contributed by atoms with Crippen molar-refractivity contribution >= 4 is 0 Å². The first-order chi connectivity index (χ1) is 4.72. The molecule has 1 heteroatoms. The molecule has 1 atom stereocenters. The molecule has 0 bridgehead atoms. The third-order valence-electron chi connectivity index (χ3n) is 1.47. The van der Waals surface area contributed by atoms with Crippen LogP contribution in [0.2, 0.25) is 0 Å². The minimum absolute atomic E-state index is 0.154. The zero-order chi connectivity index (χ0) is 7.56. The molecule has 0 spiro atoms. The predicted molar refractivity (Wildman–Crippen MR) is 41.9 cm³/mol. The van der Waals surface area contributed by atoms with Crippen LogP contribution in [0.3, 0.4) is 0 Å². The van der Waals surface area contributed by atoms with E-state index in [2.05, 4.69) is 6.92 Å². The number of phenolic OH excluding ortho intramolecular Hbond substituents is 1. The maximum Gasteiger partial charge on any atom is 0.119 e. The number of aromatic hydroxyl groups is 1. The summed E-state index contributed by atoms with van der Waals surface area (Å²) in [5.74, 6) is 0.492. The van der Waals surface area contributed by atoms with Gasteiger partial charge in [-0.25, -0.2) is 0 Å². The zero-order valence-electron chi connectivity index (χ0n) is 6.04. The second-order valence-corrected chi connectivity index (χ2v) is 2.46. The number of benzene rings is 1. The Labute approximate surface area is 61.3 Å². The largest absolute Gasteiger partial charge is 0.508 e. The van der Waals surface area contributed by atoms with Gasteiger partial charge in [-0.1, -0.05) is 25.1 Å². The second kappa shape index (κ2) is 2.74. The third-order valence-corrected chi connectivity index (χ3v) is 1.47. The lowest BCUT2D eigenvalue weighted by atomic mass is 10.0. The Hall–Kier alpha value is -0.980. The van der Waals surface area contributed by atoms with Crippen molar-refractivity contribution in [1.29, 1.82) is 0 Å². The fourth-order valence-electron chi connectivity index (χ4n) is 0.904. The van der Waals surface area contributed by atoms with Crippen molar-refractivity contribution in [2.24, 2.45) is 0 Å². The lowest BCUT2D eigenvalue weighted by molar-refractivity contribution is 0.466. The standard InChI is InChI=1S/C9H11O/c1-7(2)8-5-3-4-6-9(8)10/h3-7,10H,1H2,2H3. The quantitative estimate of drug-likeness (QED) is 0.626. The highest BCUT2D eigenvalue weighted by molar-refractivity contribution is 5.34. The molecule has 1 radical (unpaired) electrons. The topological polar surface area (TPSA) is 20.2 Å². The van der Waals surface area contributed by atoms with E-state index in [1.807, 2.05) is 19.1 Å². The van der Waals surface area contributed by atoms with Gasteiger partial charge >= 0.3 is 0 Å². The molecule has 1 N–H and O–H groups in total. The zero-order valence-corrected chi connectivity index (χ0v) is 6.04. The summed E-state index contributed by atoms with van der Waals surface area (Å²) in [5.41, 5.74) is 0.905. The summed E-state index contributed by atoms with van der Waals surface area (Å²) in [6.07, 6.45) is 0. The van der Waals surface area contributed by atoms with Gasteiger partial charge in [0.2, 0.25) is 0 Å². The van der Waals surface area contributed by atoms with Crippen LogP contribution in [0.1, 0.15) is 18.4 Å². The van der Waals surface area contributed by atoms with Crippen LogP contribution in [-0.4, -0.2) is 5.11 Å². The molecule has 0 saturated heterocycles. The first-order valence-corrected chi connectivity index (χ1v) is 3.33. The van der Waals surface area contributed by atoms with Gasteiger partial charge in [-0.3, -0.25) is 0 Å². The molecule has 1 nitrogen and oxygen atoms in total. The summed E-state index contributed by atoms with van der Waals surface area (Å²) in [4.78, 5) is 0. The van der Waals surface area contributed by atoms with E-state index in [0.29, 0.717) is 5.75 Å². The Morgan fingerprint density at radius 3 is 2.40 bits per heavy atom. The molecular weight excluding hydrogens is 124 g/mol. The van der Waals surface area contributed by atoms with Gasteiger partial charge in [0.25, 0.3) is 0 Å². The molecule has 0 heterocycles. The summed E-state index contributed by atoms with van der Waals surface area (Å²) >= 11 is 0. The van der Waals surface area contributed by atoms with Crippen LogP contribution in [0.15, 0.2) is 24.3 Å². The van der Waals surface area contributed by atoms with Crippen molar-refractivity contribution in [3.05, 3.63) is 36.8 Å². The second-order valence-electron chi connectivity index (χ2n) is 2.46. The Morgan fingerprint density at radius 1 is 1.40 bits per heavy atom. The highest BCUT2D eigenvalue weighted by atomic mass is 16.3. The molecule has 0 aliphatic rings. The molecule has 1 rings (SSSR count). The predicted octanol–water partition coefficient (Wildman–Crippen LogP) is 2.33. The highest BCUT2D eigenvalue weighted by Crippen LogP contribution is 2.23. The van der Waals surface area contributed by atoms with E-state index in [9.17, 15) is 5.11 Å². The van der Waals surface area contributed by atoms with Crippen LogP contribution in [0.5, 0.6) is 5.75 Å². The smallest absolute Gasteiger partial charge is 0.119 e. The summed E-state index contributed by atoms with van der Waals surface area (Å²) in [5, 5.41) is 9.24. The van der Waals surface area contributed by atoms with E-state index >= 15 is 0 Å². The van der Waals surface area contributed by atoms with Gasteiger partial charge in [-0.2, -0.15) is 0 Å². The van der Waals surface area contributed by atoms with Crippen LogP contribution < -0.4 is 0 Å². The molecule has 0 aliphatic carbocycles. The van der Waals surface area contributed by atoms with E-state index in [1.165, 1.54) is 0 Å². The van der Waals surface area contributed by atoms with E-state index in [1.54, 1.807) is 12.1 Å². The minimum Gasteiger partial charge on any atom is -0.508 e. The number of phenols is 1. The van der Waals surface area contributed by atoms with Crippen LogP contribution in [0.25, 0.3) is 0 Å². The average molecular weight is 135 g/mol. The number of hydrogen-bond acceptors (Lipinski definition) is 1. The lowest BCUT2D eigenvalue weighted by Crippen LogP contribution is -1.86. The maximum absolute atomic E-state index is 9.24. The Balaban J connectivity index is 3.03. The molecule has 0 aromatic heterocycles. The van der Waals surface area contributed by atoms with E-state index in [-0.39, 0.29) is 5.92 Å². The first-order valence-electron chi connectivity index (χ1n) is 3.33. The molecule has 1 aromatic rings. The monoisotopic (exact) mass is 135 g/mol. The van der Waals surface area contributed by atoms with Crippen LogP contribution in [-0.2, 0) is 0 Å². The van der Waals surface area contributed by atoms with E-state index < -0.39 is 0 Å². The van der Waals surface area contributed by atoms with Crippen molar-refractivity contribution in [2.75, 3.05) is 0 Å². The molecule has 0 amide bonds. The molecule has 10 heavy (non-hydrogen) atoms. The van der Waals surface area contributed by atoms with Crippen molar-refractivity contribution in [1.82, 2.24) is 0 Å². The van der Waals surface area contributed by atoms with E-state index in [0.717, 1.165) is 5.56 Å². The number of para-hydroxylation sites is 1. The fraction of sp³-hybridized carbons (Fsp3) is 0.222. The highest BCUT2D eigenvalue weighted by Gasteiger charge is 2.02. The van der Waals surface area contributed by atoms with Crippen LogP contribution >= 0.6 is 0 Å². The van der Waals surface area contributed by atoms with Gasteiger partial charge in [-0.15, -0.1) is 0 Å². The Morgan fingerprint density at radius 2 is 2.00 bits per heavy atom. The van der Waals surface area contributed by atoms with Crippen LogP contribution in [0.4, 0.5) is 0 Å². The number of rotatable bonds is 1. The maximum atomic E-state index is 9.24. The Kier molecular flexibility index (Phi) is 1.95. The lowest BCUT2D eigenvalue weighted by Gasteiger charge is -2.05. The van der Waals surface area contributed by atoms with Crippen molar-refractivity contribution in [3.63, 3.8) is 0 Å². The summed E-state index contributed by atoms with van der Waals surface area (Å²) in [6, 6.07) is 7.27. The van der Waals surface area contributed by atoms with Gasteiger partial charge in [-0.05, 0) is 24.5 Å². The molecule has 0 aliphatic heterocycles. The molecule has 53 valence electrons. The summed E-state index contributed by atoms with van der Waals surface area (Å²) in [6.45, 7) is 5.76. The first kappa shape index (κ1) is 7.13. The molecule has 1 unspecified atom stereocenters. The van der Waals surface area contributed by atoms with Crippen molar-refractivity contribution in [3.8, 4) is 5.75 Å². The summed E-state index contributed by atoms with van der Waals surface area (Å²) < 4.78 is 0. The molecule has 0 saturated carbocycles. The van der Waals surface area contributed by atoms with E-state index in [4.69, 9.17) is 0 Å². The molecule has 1 aromatic carbocycles. The normalized spacial score (nSPS) is 10.3. The number of hydrogen-bond donors (Lipinski definition) is 1. The minimum atomic E-state index is 0.154. The Bertz CT molecular complexity index is 216.